The van der Waals surface area contributed by atoms with Gasteiger partial charge in [0.2, 0.25) is 5.91 Å². The molecule has 2 aromatic carbocycles. The average molecular weight is 409 g/mol. The van der Waals surface area contributed by atoms with Crippen molar-refractivity contribution in [1.82, 2.24) is 14.7 Å². The molecular weight excluding hydrogens is 372 g/mol. The third kappa shape index (κ3) is 6.07. The lowest BCUT2D eigenvalue weighted by atomic mass is 9.98. The Hall–Kier alpha value is -2.37. The first kappa shape index (κ1) is 22.3. The summed E-state index contributed by atoms with van der Waals surface area (Å²) in [7, 11) is 4.09. The molecule has 0 saturated carbocycles. The number of nitrogens with one attached hydrogen (secondary N) is 1. The maximum Gasteiger partial charge on any atom is 0.242 e. The van der Waals surface area contributed by atoms with Gasteiger partial charge in [-0.25, -0.2) is 0 Å². The summed E-state index contributed by atoms with van der Waals surface area (Å²) in [4.78, 5) is 19.7. The molecule has 0 unspecified atom stereocenters. The minimum absolute atomic E-state index is 0.137. The van der Waals surface area contributed by atoms with Gasteiger partial charge in [-0.05, 0) is 56.7 Å². The molecule has 1 aliphatic heterocycles. The summed E-state index contributed by atoms with van der Waals surface area (Å²) in [6, 6.07) is 14.9. The van der Waals surface area contributed by atoms with Crippen LogP contribution in [0.15, 0.2) is 42.5 Å². The summed E-state index contributed by atoms with van der Waals surface area (Å²) in [5.41, 5.74) is 6.25. The van der Waals surface area contributed by atoms with Gasteiger partial charge >= 0.3 is 0 Å². The molecule has 5 nitrogen and oxygen atoms in total. The average Bonchev–Trinajstić information content (AvgIpc) is 2.75. The number of hydrogen-bond donors (Lipinski definition) is 1. The van der Waals surface area contributed by atoms with E-state index in [1.54, 1.807) is 0 Å². The molecule has 0 radical (unpaired) electrons. The first-order valence-corrected chi connectivity index (χ1v) is 11.0. The number of aryl methyl sites for hydroxylation is 1. The van der Waals surface area contributed by atoms with Crippen LogP contribution in [0.1, 0.15) is 29.2 Å². The number of carbonyl (C=O) groups is 1. The topological polar surface area (TPSA) is 38.8 Å². The molecule has 0 bridgehead atoms. The highest BCUT2D eigenvalue weighted by Crippen LogP contribution is 2.26. The van der Waals surface area contributed by atoms with Crippen LogP contribution >= 0.6 is 0 Å². The molecule has 5 heteroatoms. The molecule has 162 valence electrons. The third-order valence-electron chi connectivity index (χ3n) is 5.89. The number of fused-ring (bicyclic) bond motifs is 1. The predicted octanol–water partition coefficient (Wildman–Crippen LogP) is 3.38. The quantitative estimate of drug-likeness (QED) is 0.690. The zero-order valence-corrected chi connectivity index (χ0v) is 18.9. The van der Waals surface area contributed by atoms with E-state index < -0.39 is 0 Å². The van der Waals surface area contributed by atoms with E-state index in [9.17, 15) is 4.79 Å². The minimum atomic E-state index is 0.137. The fraction of sp³-hybridized carbons (Fsp3) is 0.480. The van der Waals surface area contributed by atoms with Gasteiger partial charge in [0.05, 0.1) is 6.54 Å². The van der Waals surface area contributed by atoms with Crippen LogP contribution in [0.25, 0.3) is 0 Å². The molecule has 1 heterocycles. The van der Waals surface area contributed by atoms with Crippen molar-refractivity contribution in [3.05, 3.63) is 64.7 Å². The Labute approximate surface area is 181 Å². The first-order chi connectivity index (χ1) is 14.5. The fourth-order valence-electron chi connectivity index (χ4n) is 3.88. The molecule has 0 atom stereocenters. The highest BCUT2D eigenvalue weighted by atomic mass is 16.2. The Kier molecular flexibility index (Phi) is 7.88. The van der Waals surface area contributed by atoms with Crippen LogP contribution in [0.2, 0.25) is 0 Å². The van der Waals surface area contributed by atoms with Gasteiger partial charge in [0.1, 0.15) is 0 Å². The molecule has 0 spiro atoms. The molecule has 1 amide bonds. The number of hydrogen-bond acceptors (Lipinski definition) is 4. The SMILES string of the molecule is CCN1CCc2cccc(NCC(=O)N(CCN(C)C)Cc3ccc(C)cc3)c2C1. The van der Waals surface area contributed by atoms with Gasteiger partial charge in [-0.2, -0.15) is 0 Å². The van der Waals surface area contributed by atoms with Crippen molar-refractivity contribution < 1.29 is 4.79 Å². The number of anilines is 1. The second-order valence-electron chi connectivity index (χ2n) is 8.52. The summed E-state index contributed by atoms with van der Waals surface area (Å²) >= 11 is 0. The van der Waals surface area contributed by atoms with Crippen molar-refractivity contribution in [2.75, 3.05) is 52.1 Å². The van der Waals surface area contributed by atoms with Gasteiger partial charge in [-0.3, -0.25) is 9.69 Å². The number of carbonyl (C=O) groups excluding carboxylic acids is 1. The molecule has 1 N–H and O–H groups in total. The van der Waals surface area contributed by atoms with Gasteiger partial charge < -0.3 is 15.1 Å². The highest BCUT2D eigenvalue weighted by Gasteiger charge is 2.19. The first-order valence-electron chi connectivity index (χ1n) is 11.0. The molecule has 2 aromatic rings. The maximum absolute atomic E-state index is 13.1. The fourth-order valence-corrected chi connectivity index (χ4v) is 3.88. The number of amides is 1. The smallest absolute Gasteiger partial charge is 0.242 e. The van der Waals surface area contributed by atoms with E-state index in [2.05, 4.69) is 71.4 Å². The molecule has 0 fully saturated rings. The van der Waals surface area contributed by atoms with Crippen LogP contribution in [-0.4, -0.2) is 67.4 Å². The summed E-state index contributed by atoms with van der Waals surface area (Å²) in [6.45, 7) is 9.95. The van der Waals surface area contributed by atoms with Crippen molar-refractivity contribution in [3.8, 4) is 0 Å². The Morgan fingerprint density at radius 1 is 1.10 bits per heavy atom. The summed E-state index contributed by atoms with van der Waals surface area (Å²) in [6.07, 6.45) is 1.08. The van der Waals surface area contributed by atoms with Gasteiger partial charge in [-0.15, -0.1) is 0 Å². The highest BCUT2D eigenvalue weighted by molar-refractivity contribution is 5.81. The molecule has 0 saturated heterocycles. The number of likely N-dealkylation sites (N-methyl/N-ethyl adjacent to an activating group) is 2. The van der Waals surface area contributed by atoms with Crippen LogP contribution in [0, 0.1) is 6.92 Å². The van der Waals surface area contributed by atoms with Gasteiger partial charge in [0.25, 0.3) is 0 Å². The van der Waals surface area contributed by atoms with Crippen molar-refractivity contribution in [2.45, 2.75) is 33.4 Å². The number of rotatable bonds is 9. The number of benzene rings is 2. The Bertz CT molecular complexity index is 832. The molecule has 1 aliphatic rings. The molecule has 0 aromatic heterocycles. The zero-order chi connectivity index (χ0) is 21.5. The minimum Gasteiger partial charge on any atom is -0.376 e. The van der Waals surface area contributed by atoms with E-state index in [4.69, 9.17) is 0 Å². The molecule has 0 aliphatic carbocycles. The normalized spacial score (nSPS) is 13.9. The Balaban J connectivity index is 1.67. The summed E-state index contributed by atoms with van der Waals surface area (Å²) in [5, 5.41) is 3.45. The second-order valence-corrected chi connectivity index (χ2v) is 8.52. The van der Waals surface area contributed by atoms with Crippen molar-refractivity contribution >= 4 is 11.6 Å². The largest absolute Gasteiger partial charge is 0.376 e. The van der Waals surface area contributed by atoms with E-state index in [1.165, 1.54) is 22.3 Å². The molecule has 30 heavy (non-hydrogen) atoms. The van der Waals surface area contributed by atoms with Crippen LogP contribution in [-0.2, 0) is 24.3 Å². The zero-order valence-electron chi connectivity index (χ0n) is 18.9. The molecule has 3 rings (SSSR count). The lowest BCUT2D eigenvalue weighted by Gasteiger charge is -2.30. The van der Waals surface area contributed by atoms with Gasteiger partial charge in [-0.1, -0.05) is 48.9 Å². The lowest BCUT2D eigenvalue weighted by molar-refractivity contribution is -0.130. The Morgan fingerprint density at radius 2 is 1.87 bits per heavy atom. The van der Waals surface area contributed by atoms with Crippen LogP contribution in [0.4, 0.5) is 5.69 Å². The van der Waals surface area contributed by atoms with Crippen LogP contribution in [0.3, 0.4) is 0 Å². The molecular formula is C25H36N4O. The monoisotopic (exact) mass is 408 g/mol. The second kappa shape index (κ2) is 10.6. The standard InChI is InChI=1S/C25H36N4O/c1-5-28-14-13-22-7-6-8-24(23(22)19-28)26-17-25(30)29(16-15-27(3)4)18-21-11-9-20(2)10-12-21/h6-12,26H,5,13-19H2,1-4H3. The van der Waals surface area contributed by atoms with E-state index in [0.717, 1.165) is 44.8 Å². The van der Waals surface area contributed by atoms with Crippen LogP contribution in [0.5, 0.6) is 0 Å². The van der Waals surface area contributed by atoms with E-state index in [0.29, 0.717) is 13.1 Å². The predicted molar refractivity (Wildman–Crippen MR) is 125 cm³/mol. The van der Waals surface area contributed by atoms with Crippen molar-refractivity contribution in [3.63, 3.8) is 0 Å². The van der Waals surface area contributed by atoms with E-state index in [1.807, 2.05) is 19.0 Å². The van der Waals surface area contributed by atoms with E-state index in [-0.39, 0.29) is 5.91 Å². The van der Waals surface area contributed by atoms with Crippen molar-refractivity contribution in [2.24, 2.45) is 0 Å². The van der Waals surface area contributed by atoms with Gasteiger partial charge in [0, 0.05) is 38.4 Å². The summed E-state index contributed by atoms with van der Waals surface area (Å²) < 4.78 is 0. The third-order valence-corrected chi connectivity index (χ3v) is 5.89. The van der Waals surface area contributed by atoms with Gasteiger partial charge in [0.15, 0.2) is 0 Å². The van der Waals surface area contributed by atoms with Crippen molar-refractivity contribution in [1.29, 1.82) is 0 Å². The maximum atomic E-state index is 13.1. The van der Waals surface area contributed by atoms with E-state index >= 15 is 0 Å². The Morgan fingerprint density at radius 3 is 2.57 bits per heavy atom. The van der Waals surface area contributed by atoms with Crippen LogP contribution < -0.4 is 5.32 Å². The lowest BCUT2D eigenvalue weighted by Crippen LogP contribution is -2.39. The number of nitrogens with zero attached hydrogens (tertiary/aromatic N) is 3. The summed E-state index contributed by atoms with van der Waals surface area (Å²) in [5.74, 6) is 0.137.